The number of carboxylic acid groups (broad SMARTS) is 1. The number of benzene rings is 2. The maximum Gasteiger partial charge on any atom is 0.333 e. The lowest BCUT2D eigenvalue weighted by Gasteiger charge is -2.17. The second-order valence-electron chi connectivity index (χ2n) is 7.33. The zero-order chi connectivity index (χ0) is 22.4. The average Bonchev–Trinajstić information content (AvgIpc) is 2.74. The fraction of sp³-hybridized carbons (Fsp3) is 0.333. The zero-order valence-electron chi connectivity index (χ0n) is 17.8. The van der Waals surface area contributed by atoms with Gasteiger partial charge in [-0.25, -0.2) is 4.79 Å². The predicted octanol–water partition coefficient (Wildman–Crippen LogP) is 5.40. The number of carboxylic acids is 1. The van der Waals surface area contributed by atoms with Gasteiger partial charge in [0.1, 0.15) is 18.1 Å². The summed E-state index contributed by atoms with van der Waals surface area (Å²) in [6.45, 7) is 6.41. The summed E-state index contributed by atoms with van der Waals surface area (Å²) in [5.74, 6) is 0.478. The summed E-state index contributed by atoms with van der Waals surface area (Å²) in [7, 11) is 0. The van der Waals surface area contributed by atoms with Crippen LogP contribution in [0, 0.1) is 0 Å². The van der Waals surface area contributed by atoms with Gasteiger partial charge in [0.25, 0.3) is 0 Å². The Bertz CT molecular complexity index is 1040. The molecule has 1 heterocycles. The van der Waals surface area contributed by atoms with Gasteiger partial charge in [0.05, 0.1) is 17.2 Å². The van der Waals surface area contributed by atoms with Crippen molar-refractivity contribution < 1.29 is 24.1 Å². The Balaban J connectivity index is 1.75. The van der Waals surface area contributed by atoms with Crippen LogP contribution in [0.4, 0.5) is 0 Å². The van der Waals surface area contributed by atoms with E-state index in [1.807, 2.05) is 56.3 Å². The highest BCUT2D eigenvalue weighted by atomic mass is 79.9. The molecule has 6 nitrogen and oxygen atoms in total. The highest BCUT2D eigenvalue weighted by molar-refractivity contribution is 9.10. The van der Waals surface area contributed by atoms with Crippen LogP contribution in [0.25, 0.3) is 10.9 Å². The van der Waals surface area contributed by atoms with Gasteiger partial charge in [-0.2, -0.15) is 0 Å². The monoisotopic (exact) mass is 487 g/mol. The van der Waals surface area contributed by atoms with Gasteiger partial charge in [0.15, 0.2) is 6.10 Å². The molecular weight excluding hydrogens is 462 g/mol. The van der Waals surface area contributed by atoms with Crippen LogP contribution in [0.3, 0.4) is 0 Å². The van der Waals surface area contributed by atoms with E-state index in [4.69, 9.17) is 14.2 Å². The summed E-state index contributed by atoms with van der Waals surface area (Å²) >= 11 is 3.54. The van der Waals surface area contributed by atoms with E-state index in [0.717, 1.165) is 32.3 Å². The van der Waals surface area contributed by atoms with Gasteiger partial charge in [-0.05, 0) is 66.5 Å². The number of pyridine rings is 1. The molecule has 0 saturated carbocycles. The SMILES string of the molecule is CCOC(Cc1ccc(OCc2cnc3c(Br)cccc3c2OC(C)C)cc1)C(=O)O. The van der Waals surface area contributed by atoms with E-state index in [2.05, 4.69) is 20.9 Å². The number of hydrogen-bond acceptors (Lipinski definition) is 5. The van der Waals surface area contributed by atoms with Gasteiger partial charge >= 0.3 is 5.97 Å². The van der Waals surface area contributed by atoms with Crippen LogP contribution in [0.15, 0.2) is 53.1 Å². The lowest BCUT2D eigenvalue weighted by atomic mass is 10.1. The van der Waals surface area contributed by atoms with Gasteiger partial charge in [-0.3, -0.25) is 4.98 Å². The van der Waals surface area contributed by atoms with Crippen molar-refractivity contribution in [3.05, 3.63) is 64.3 Å². The largest absolute Gasteiger partial charge is 0.490 e. The van der Waals surface area contributed by atoms with Crippen molar-refractivity contribution in [1.82, 2.24) is 4.98 Å². The van der Waals surface area contributed by atoms with Gasteiger partial charge in [-0.1, -0.05) is 18.2 Å². The van der Waals surface area contributed by atoms with E-state index in [1.54, 1.807) is 13.1 Å². The van der Waals surface area contributed by atoms with E-state index in [-0.39, 0.29) is 6.10 Å². The van der Waals surface area contributed by atoms with Crippen LogP contribution < -0.4 is 9.47 Å². The highest BCUT2D eigenvalue weighted by Gasteiger charge is 2.18. The quantitative estimate of drug-likeness (QED) is 0.412. The Morgan fingerprint density at radius 1 is 1.16 bits per heavy atom. The third kappa shape index (κ3) is 5.95. The van der Waals surface area contributed by atoms with Crippen molar-refractivity contribution in [2.45, 2.75) is 46.0 Å². The average molecular weight is 488 g/mol. The van der Waals surface area contributed by atoms with E-state index >= 15 is 0 Å². The first-order chi connectivity index (χ1) is 14.9. The molecule has 2 aromatic carbocycles. The number of para-hydroxylation sites is 1. The van der Waals surface area contributed by atoms with E-state index in [1.165, 1.54) is 0 Å². The summed E-state index contributed by atoms with van der Waals surface area (Å²) in [5, 5.41) is 10.2. The number of ether oxygens (including phenoxy) is 3. The minimum atomic E-state index is -0.963. The second kappa shape index (κ2) is 10.6. The molecule has 0 aliphatic heterocycles. The van der Waals surface area contributed by atoms with Gasteiger partial charge < -0.3 is 19.3 Å². The van der Waals surface area contributed by atoms with Crippen LogP contribution >= 0.6 is 15.9 Å². The Morgan fingerprint density at radius 2 is 1.90 bits per heavy atom. The molecule has 1 N–H and O–H groups in total. The molecule has 31 heavy (non-hydrogen) atoms. The molecule has 7 heteroatoms. The van der Waals surface area contributed by atoms with E-state index in [9.17, 15) is 9.90 Å². The topological polar surface area (TPSA) is 77.9 Å². The van der Waals surface area contributed by atoms with E-state index in [0.29, 0.717) is 25.4 Å². The van der Waals surface area contributed by atoms with Crippen molar-refractivity contribution in [3.8, 4) is 11.5 Å². The molecule has 0 aliphatic rings. The molecule has 164 valence electrons. The molecular formula is C24H26BrNO5. The lowest BCUT2D eigenvalue weighted by molar-refractivity contribution is -0.149. The maximum absolute atomic E-state index is 11.3. The maximum atomic E-state index is 11.3. The normalized spacial score (nSPS) is 12.2. The molecule has 0 amide bonds. The summed E-state index contributed by atoms with van der Waals surface area (Å²) < 4.78 is 18.3. The van der Waals surface area contributed by atoms with Crippen LogP contribution in [-0.4, -0.2) is 34.9 Å². The van der Waals surface area contributed by atoms with Gasteiger partial charge in [0, 0.05) is 29.1 Å². The van der Waals surface area contributed by atoms with Gasteiger partial charge in [-0.15, -0.1) is 0 Å². The number of halogens is 1. The molecule has 1 unspecified atom stereocenters. The Kier molecular flexibility index (Phi) is 7.87. The number of aromatic nitrogens is 1. The molecule has 0 radical (unpaired) electrons. The zero-order valence-corrected chi connectivity index (χ0v) is 19.4. The molecule has 3 aromatic rings. The predicted molar refractivity (Wildman–Crippen MR) is 123 cm³/mol. The third-order valence-corrected chi connectivity index (χ3v) is 5.25. The summed E-state index contributed by atoms with van der Waals surface area (Å²) in [4.78, 5) is 15.8. The summed E-state index contributed by atoms with van der Waals surface area (Å²) in [6, 6.07) is 13.3. The molecule has 1 atom stereocenters. The van der Waals surface area contributed by atoms with Crippen LogP contribution in [0.5, 0.6) is 11.5 Å². The molecule has 0 bridgehead atoms. The Morgan fingerprint density at radius 3 is 2.55 bits per heavy atom. The second-order valence-corrected chi connectivity index (χ2v) is 8.19. The third-order valence-electron chi connectivity index (χ3n) is 4.61. The van der Waals surface area contributed by atoms with Crippen LogP contribution in [0.2, 0.25) is 0 Å². The van der Waals surface area contributed by atoms with Crippen molar-refractivity contribution in [2.24, 2.45) is 0 Å². The minimum Gasteiger partial charge on any atom is -0.490 e. The van der Waals surface area contributed by atoms with Crippen molar-refractivity contribution in [1.29, 1.82) is 0 Å². The number of rotatable bonds is 10. The standard InChI is InChI=1S/C24H26BrNO5/c1-4-29-21(24(27)28)12-16-8-10-18(11-9-16)30-14-17-13-26-22-19(6-5-7-20(22)25)23(17)31-15(2)3/h5-11,13,15,21H,4,12,14H2,1-3H3,(H,27,28). The highest BCUT2D eigenvalue weighted by Crippen LogP contribution is 2.33. The number of hydrogen-bond donors (Lipinski definition) is 1. The number of nitrogens with zero attached hydrogens (tertiary/aromatic N) is 1. The van der Waals surface area contributed by atoms with Crippen LogP contribution in [-0.2, 0) is 22.6 Å². The molecule has 3 rings (SSSR count). The fourth-order valence-corrected chi connectivity index (χ4v) is 3.67. The molecule has 0 aliphatic carbocycles. The molecule has 1 aromatic heterocycles. The summed E-state index contributed by atoms with van der Waals surface area (Å²) in [5.41, 5.74) is 2.56. The number of carbonyl (C=O) groups is 1. The minimum absolute atomic E-state index is 0.00939. The van der Waals surface area contributed by atoms with E-state index < -0.39 is 12.1 Å². The molecule has 0 spiro atoms. The molecule has 0 fully saturated rings. The Labute approximate surface area is 190 Å². The fourth-order valence-electron chi connectivity index (χ4n) is 3.20. The van der Waals surface area contributed by atoms with Crippen LogP contribution in [0.1, 0.15) is 31.9 Å². The first-order valence-electron chi connectivity index (χ1n) is 10.2. The lowest BCUT2D eigenvalue weighted by Crippen LogP contribution is -2.26. The molecule has 0 saturated heterocycles. The number of fused-ring (bicyclic) bond motifs is 1. The van der Waals surface area contributed by atoms with Gasteiger partial charge in [0.2, 0.25) is 0 Å². The Hall–Kier alpha value is -2.64. The summed E-state index contributed by atoms with van der Waals surface area (Å²) in [6.07, 6.45) is 1.24. The number of aliphatic carboxylic acids is 1. The smallest absolute Gasteiger partial charge is 0.333 e. The first kappa shape index (κ1) is 23.0. The van der Waals surface area contributed by atoms with Crippen molar-refractivity contribution >= 4 is 32.8 Å². The van der Waals surface area contributed by atoms with Crippen molar-refractivity contribution in [3.63, 3.8) is 0 Å². The van der Waals surface area contributed by atoms with Crippen molar-refractivity contribution in [2.75, 3.05) is 6.61 Å². The first-order valence-corrected chi connectivity index (χ1v) is 11.0.